The number of hydrogen-bond acceptors (Lipinski definition) is 4. The van der Waals surface area contributed by atoms with E-state index in [1.54, 1.807) is 12.4 Å². The quantitative estimate of drug-likeness (QED) is 0.849. The lowest BCUT2D eigenvalue weighted by molar-refractivity contribution is -0.133. The zero-order valence-corrected chi connectivity index (χ0v) is 12.9. The summed E-state index contributed by atoms with van der Waals surface area (Å²) in [6.45, 7) is 6.89. The second kappa shape index (κ2) is 6.00. The standard InChI is InChI=1S/C16H24N4O/c1-12(2)14-11-19(16-17-7-3-8-18-16)9-6-15(21)20(14)10-13-4-5-13/h3,7-8,12-14H,4-6,9-11H2,1-2H3/t14-/m0/s1. The van der Waals surface area contributed by atoms with Crippen LogP contribution >= 0.6 is 0 Å². The van der Waals surface area contributed by atoms with Gasteiger partial charge in [0.15, 0.2) is 0 Å². The molecule has 1 atom stereocenters. The monoisotopic (exact) mass is 288 g/mol. The van der Waals surface area contributed by atoms with Crippen LogP contribution in [0.5, 0.6) is 0 Å². The van der Waals surface area contributed by atoms with Gasteiger partial charge in [-0.25, -0.2) is 9.97 Å². The molecule has 3 rings (SSSR count). The van der Waals surface area contributed by atoms with E-state index in [4.69, 9.17) is 0 Å². The van der Waals surface area contributed by atoms with Crippen molar-refractivity contribution in [3.8, 4) is 0 Å². The van der Waals surface area contributed by atoms with Crippen LogP contribution in [-0.2, 0) is 4.79 Å². The van der Waals surface area contributed by atoms with Gasteiger partial charge in [-0.05, 0) is 30.7 Å². The van der Waals surface area contributed by atoms with Crippen LogP contribution in [0.4, 0.5) is 5.95 Å². The molecule has 114 valence electrons. The molecule has 1 saturated heterocycles. The van der Waals surface area contributed by atoms with Gasteiger partial charge >= 0.3 is 0 Å². The summed E-state index contributed by atoms with van der Waals surface area (Å²) in [6, 6.07) is 2.08. The number of rotatable bonds is 4. The summed E-state index contributed by atoms with van der Waals surface area (Å²) in [4.78, 5) is 25.5. The Morgan fingerprint density at radius 1 is 1.29 bits per heavy atom. The first-order valence-corrected chi connectivity index (χ1v) is 7.96. The highest BCUT2D eigenvalue weighted by Crippen LogP contribution is 2.32. The second-order valence-electron chi connectivity index (χ2n) is 6.55. The second-order valence-corrected chi connectivity index (χ2v) is 6.55. The minimum absolute atomic E-state index is 0.254. The van der Waals surface area contributed by atoms with Gasteiger partial charge in [0, 0.05) is 38.4 Å². The van der Waals surface area contributed by atoms with Gasteiger partial charge in [0.05, 0.1) is 6.04 Å². The third-order valence-electron chi connectivity index (χ3n) is 4.48. The van der Waals surface area contributed by atoms with Gasteiger partial charge in [0.1, 0.15) is 0 Å². The van der Waals surface area contributed by atoms with Gasteiger partial charge in [-0.1, -0.05) is 13.8 Å². The van der Waals surface area contributed by atoms with Crippen LogP contribution in [0.1, 0.15) is 33.1 Å². The van der Waals surface area contributed by atoms with E-state index in [1.807, 2.05) is 6.07 Å². The molecule has 0 N–H and O–H groups in total. The largest absolute Gasteiger partial charge is 0.338 e. The molecule has 0 aromatic carbocycles. The fourth-order valence-corrected chi connectivity index (χ4v) is 3.00. The van der Waals surface area contributed by atoms with E-state index in [2.05, 4.69) is 33.6 Å². The van der Waals surface area contributed by atoms with E-state index in [9.17, 15) is 4.79 Å². The molecular formula is C16H24N4O. The molecule has 0 bridgehead atoms. The first kappa shape index (κ1) is 14.3. The molecule has 0 unspecified atom stereocenters. The lowest BCUT2D eigenvalue weighted by Crippen LogP contribution is -2.47. The number of carbonyl (C=O) groups is 1. The Morgan fingerprint density at radius 2 is 2.00 bits per heavy atom. The Kier molecular flexibility index (Phi) is 4.08. The molecule has 1 aromatic rings. The summed E-state index contributed by atoms with van der Waals surface area (Å²) in [5, 5.41) is 0. The molecule has 0 radical (unpaired) electrons. The van der Waals surface area contributed by atoms with Crippen molar-refractivity contribution in [1.82, 2.24) is 14.9 Å². The van der Waals surface area contributed by atoms with Crippen LogP contribution in [0.2, 0.25) is 0 Å². The summed E-state index contributed by atoms with van der Waals surface area (Å²) in [5.41, 5.74) is 0. The highest BCUT2D eigenvalue weighted by Gasteiger charge is 2.35. The maximum atomic E-state index is 12.5. The average Bonchev–Trinajstić information content (AvgIpc) is 3.30. The van der Waals surface area contributed by atoms with E-state index < -0.39 is 0 Å². The summed E-state index contributed by atoms with van der Waals surface area (Å²) >= 11 is 0. The molecule has 2 heterocycles. The van der Waals surface area contributed by atoms with Crippen molar-refractivity contribution >= 4 is 11.9 Å². The van der Waals surface area contributed by atoms with Crippen molar-refractivity contribution in [3.63, 3.8) is 0 Å². The number of amides is 1. The molecule has 1 amide bonds. The average molecular weight is 288 g/mol. The Morgan fingerprint density at radius 3 is 2.62 bits per heavy atom. The Bertz CT molecular complexity index is 486. The molecule has 5 heteroatoms. The van der Waals surface area contributed by atoms with Crippen LogP contribution in [-0.4, -0.2) is 46.5 Å². The SMILES string of the molecule is CC(C)[C@@H]1CN(c2ncccn2)CCC(=O)N1CC1CC1. The summed E-state index contributed by atoms with van der Waals surface area (Å²) in [6.07, 6.45) is 6.65. The van der Waals surface area contributed by atoms with Gasteiger partial charge in [-0.15, -0.1) is 0 Å². The first-order chi connectivity index (χ1) is 10.1. The third kappa shape index (κ3) is 3.34. The van der Waals surface area contributed by atoms with Gasteiger partial charge < -0.3 is 9.80 Å². The topological polar surface area (TPSA) is 49.3 Å². The fourth-order valence-electron chi connectivity index (χ4n) is 3.00. The van der Waals surface area contributed by atoms with Gasteiger partial charge in [0.25, 0.3) is 0 Å². The van der Waals surface area contributed by atoms with Crippen molar-refractivity contribution in [3.05, 3.63) is 18.5 Å². The van der Waals surface area contributed by atoms with Crippen LogP contribution < -0.4 is 4.90 Å². The van der Waals surface area contributed by atoms with E-state index in [1.165, 1.54) is 12.8 Å². The predicted octanol–water partition coefficient (Wildman–Crippen LogP) is 1.95. The zero-order chi connectivity index (χ0) is 14.8. The molecule has 5 nitrogen and oxygen atoms in total. The molecule has 1 aliphatic heterocycles. The van der Waals surface area contributed by atoms with E-state index in [0.717, 1.165) is 25.0 Å². The Labute approximate surface area is 126 Å². The van der Waals surface area contributed by atoms with E-state index >= 15 is 0 Å². The highest BCUT2D eigenvalue weighted by molar-refractivity contribution is 5.78. The number of hydrogen-bond donors (Lipinski definition) is 0. The van der Waals surface area contributed by atoms with E-state index in [0.29, 0.717) is 24.8 Å². The normalized spacial score (nSPS) is 23.6. The predicted molar refractivity (Wildman–Crippen MR) is 81.9 cm³/mol. The maximum absolute atomic E-state index is 12.5. The lowest BCUT2D eigenvalue weighted by Gasteiger charge is -2.34. The summed E-state index contributed by atoms with van der Waals surface area (Å²) in [5.74, 6) is 2.20. The number of aromatic nitrogens is 2. The van der Waals surface area contributed by atoms with Crippen LogP contribution in [0, 0.1) is 11.8 Å². The summed E-state index contributed by atoms with van der Waals surface area (Å²) in [7, 11) is 0. The van der Waals surface area contributed by atoms with Gasteiger partial charge in [-0.3, -0.25) is 4.79 Å². The van der Waals surface area contributed by atoms with Crippen molar-refractivity contribution in [2.24, 2.45) is 11.8 Å². The molecule has 2 fully saturated rings. The van der Waals surface area contributed by atoms with Gasteiger partial charge in [-0.2, -0.15) is 0 Å². The maximum Gasteiger partial charge on any atom is 0.225 e. The molecule has 1 aliphatic carbocycles. The van der Waals surface area contributed by atoms with Crippen LogP contribution in [0.25, 0.3) is 0 Å². The number of nitrogens with zero attached hydrogens (tertiary/aromatic N) is 4. The minimum atomic E-state index is 0.254. The van der Waals surface area contributed by atoms with Crippen molar-refractivity contribution in [2.45, 2.75) is 39.2 Å². The Balaban J connectivity index is 1.80. The number of carbonyl (C=O) groups excluding carboxylic acids is 1. The third-order valence-corrected chi connectivity index (χ3v) is 4.48. The van der Waals surface area contributed by atoms with Crippen molar-refractivity contribution in [2.75, 3.05) is 24.5 Å². The van der Waals surface area contributed by atoms with E-state index in [-0.39, 0.29) is 6.04 Å². The molecule has 0 spiro atoms. The van der Waals surface area contributed by atoms with Crippen molar-refractivity contribution in [1.29, 1.82) is 0 Å². The zero-order valence-electron chi connectivity index (χ0n) is 12.9. The van der Waals surface area contributed by atoms with Gasteiger partial charge in [0.2, 0.25) is 11.9 Å². The molecule has 1 aromatic heterocycles. The molecular weight excluding hydrogens is 264 g/mol. The highest BCUT2D eigenvalue weighted by atomic mass is 16.2. The van der Waals surface area contributed by atoms with Crippen LogP contribution in [0.3, 0.4) is 0 Å². The smallest absolute Gasteiger partial charge is 0.225 e. The fraction of sp³-hybridized carbons (Fsp3) is 0.688. The molecule has 21 heavy (non-hydrogen) atoms. The summed E-state index contributed by atoms with van der Waals surface area (Å²) < 4.78 is 0. The lowest BCUT2D eigenvalue weighted by atomic mass is 10.0. The number of anilines is 1. The minimum Gasteiger partial charge on any atom is -0.338 e. The Hall–Kier alpha value is -1.65. The van der Waals surface area contributed by atoms with Crippen molar-refractivity contribution < 1.29 is 4.79 Å². The molecule has 1 saturated carbocycles. The molecule has 2 aliphatic rings. The van der Waals surface area contributed by atoms with Crippen LogP contribution in [0.15, 0.2) is 18.5 Å². The first-order valence-electron chi connectivity index (χ1n) is 7.96.